The molecule has 0 atom stereocenters. The first-order valence-electron chi connectivity index (χ1n) is 9.14. The number of morpholine rings is 1. The van der Waals surface area contributed by atoms with Gasteiger partial charge in [0.1, 0.15) is 11.6 Å². The van der Waals surface area contributed by atoms with Crippen LogP contribution >= 0.6 is 0 Å². The van der Waals surface area contributed by atoms with Crippen LogP contribution in [-0.2, 0) is 16.0 Å². The molecule has 3 rings (SSSR count). The lowest BCUT2D eigenvalue weighted by Gasteiger charge is -2.28. The Kier molecular flexibility index (Phi) is 6.24. The Bertz CT molecular complexity index is 843. The molecule has 1 fully saturated rings. The minimum Gasteiger partial charge on any atom is -0.378 e. The number of rotatable bonds is 5. The van der Waals surface area contributed by atoms with E-state index in [2.05, 4.69) is 17.1 Å². The van der Waals surface area contributed by atoms with Crippen LogP contribution in [0.3, 0.4) is 0 Å². The Morgan fingerprint density at radius 2 is 1.81 bits per heavy atom. The Morgan fingerprint density at radius 3 is 2.41 bits per heavy atom. The molecule has 5 heteroatoms. The van der Waals surface area contributed by atoms with Crippen LogP contribution in [0.25, 0.3) is 6.08 Å². The number of anilines is 2. The molecule has 0 spiro atoms. The molecule has 2 aromatic carbocycles. The van der Waals surface area contributed by atoms with Gasteiger partial charge in [0.15, 0.2) is 0 Å². The lowest BCUT2D eigenvalue weighted by molar-refractivity contribution is -0.112. The van der Waals surface area contributed by atoms with E-state index in [1.165, 1.54) is 5.56 Å². The van der Waals surface area contributed by atoms with Crippen LogP contribution in [0, 0.1) is 11.3 Å². The molecule has 0 saturated carbocycles. The summed E-state index contributed by atoms with van der Waals surface area (Å²) in [5.74, 6) is -0.404. The molecule has 5 nitrogen and oxygen atoms in total. The van der Waals surface area contributed by atoms with Gasteiger partial charge >= 0.3 is 0 Å². The molecule has 0 unspecified atom stereocenters. The van der Waals surface area contributed by atoms with Crippen molar-refractivity contribution in [3.05, 3.63) is 65.2 Å². The van der Waals surface area contributed by atoms with Gasteiger partial charge in [-0.1, -0.05) is 31.2 Å². The van der Waals surface area contributed by atoms with Crippen LogP contribution in [-0.4, -0.2) is 32.2 Å². The predicted molar refractivity (Wildman–Crippen MR) is 108 cm³/mol. The summed E-state index contributed by atoms with van der Waals surface area (Å²) in [7, 11) is 0. The molecule has 1 N–H and O–H groups in total. The summed E-state index contributed by atoms with van der Waals surface area (Å²) in [6.45, 7) is 5.30. The molecule has 0 aromatic heterocycles. The number of amides is 1. The molecule has 1 aliphatic heterocycles. The van der Waals surface area contributed by atoms with E-state index < -0.39 is 5.91 Å². The van der Waals surface area contributed by atoms with Crippen molar-refractivity contribution in [3.8, 4) is 6.07 Å². The fourth-order valence-corrected chi connectivity index (χ4v) is 2.94. The Hall–Kier alpha value is -3.10. The van der Waals surface area contributed by atoms with Crippen LogP contribution in [0.1, 0.15) is 18.1 Å². The van der Waals surface area contributed by atoms with Crippen molar-refractivity contribution in [1.29, 1.82) is 5.26 Å². The molecule has 138 valence electrons. The first kappa shape index (κ1) is 18.7. The average molecular weight is 361 g/mol. The maximum atomic E-state index is 12.4. The van der Waals surface area contributed by atoms with Gasteiger partial charge in [-0.3, -0.25) is 4.79 Å². The fraction of sp³-hybridized carbons (Fsp3) is 0.273. The topological polar surface area (TPSA) is 65.4 Å². The second kappa shape index (κ2) is 9.02. The summed E-state index contributed by atoms with van der Waals surface area (Å²) in [6, 6.07) is 17.5. The molecule has 27 heavy (non-hydrogen) atoms. The number of nitrogens with one attached hydrogen (secondary N) is 1. The number of hydrogen-bond donors (Lipinski definition) is 1. The van der Waals surface area contributed by atoms with Crippen molar-refractivity contribution in [2.24, 2.45) is 0 Å². The van der Waals surface area contributed by atoms with E-state index in [1.807, 2.05) is 54.6 Å². The molecule has 1 heterocycles. The van der Waals surface area contributed by atoms with E-state index in [1.54, 1.807) is 6.08 Å². The summed E-state index contributed by atoms with van der Waals surface area (Å²) in [4.78, 5) is 14.7. The smallest absolute Gasteiger partial charge is 0.266 e. The summed E-state index contributed by atoms with van der Waals surface area (Å²) < 4.78 is 5.37. The van der Waals surface area contributed by atoms with Gasteiger partial charge in [0.2, 0.25) is 0 Å². The molecule has 0 radical (unpaired) electrons. The molecule has 0 bridgehead atoms. The molecule has 1 aliphatic rings. The first-order valence-corrected chi connectivity index (χ1v) is 9.14. The van der Waals surface area contributed by atoms with Crippen LogP contribution < -0.4 is 10.2 Å². The highest BCUT2D eigenvalue weighted by Gasteiger charge is 2.12. The van der Waals surface area contributed by atoms with Crippen molar-refractivity contribution in [2.45, 2.75) is 13.3 Å². The maximum absolute atomic E-state index is 12.4. The van der Waals surface area contributed by atoms with Crippen molar-refractivity contribution < 1.29 is 9.53 Å². The number of hydrogen-bond acceptors (Lipinski definition) is 4. The SMILES string of the molecule is CCc1ccc(NC(=O)/C(C#N)=C/c2ccc(N3CCOCC3)cc2)cc1. The molecular formula is C22H23N3O2. The third-order valence-corrected chi connectivity index (χ3v) is 4.57. The largest absolute Gasteiger partial charge is 0.378 e. The Labute approximate surface area is 159 Å². The van der Waals surface area contributed by atoms with E-state index in [-0.39, 0.29) is 5.57 Å². The minimum absolute atomic E-state index is 0.0775. The third kappa shape index (κ3) is 4.96. The lowest BCUT2D eigenvalue weighted by atomic mass is 10.1. The van der Waals surface area contributed by atoms with E-state index in [4.69, 9.17) is 4.74 Å². The third-order valence-electron chi connectivity index (χ3n) is 4.57. The minimum atomic E-state index is -0.404. The van der Waals surface area contributed by atoms with Crippen LogP contribution in [0.15, 0.2) is 54.1 Å². The number of aryl methyl sites for hydroxylation is 1. The van der Waals surface area contributed by atoms with Gasteiger partial charge in [-0.15, -0.1) is 0 Å². The average Bonchev–Trinajstić information content (AvgIpc) is 2.73. The summed E-state index contributed by atoms with van der Waals surface area (Å²) in [6.07, 6.45) is 2.55. The molecule has 1 saturated heterocycles. The van der Waals surface area contributed by atoms with Gasteiger partial charge in [0, 0.05) is 24.5 Å². The van der Waals surface area contributed by atoms with E-state index >= 15 is 0 Å². The summed E-state index contributed by atoms with van der Waals surface area (Å²) in [5.41, 5.74) is 3.90. The van der Waals surface area contributed by atoms with Crippen molar-refractivity contribution in [2.75, 3.05) is 36.5 Å². The predicted octanol–water partition coefficient (Wildman–Crippen LogP) is 3.63. The number of benzene rings is 2. The van der Waals surface area contributed by atoms with Crippen molar-refractivity contribution in [3.63, 3.8) is 0 Å². The highest BCUT2D eigenvalue weighted by Crippen LogP contribution is 2.18. The number of ether oxygens (including phenoxy) is 1. The van der Waals surface area contributed by atoms with Crippen LogP contribution in [0.2, 0.25) is 0 Å². The standard InChI is InChI=1S/C22H23N3O2/c1-2-17-3-7-20(8-4-17)24-22(26)19(16-23)15-18-5-9-21(10-6-18)25-11-13-27-14-12-25/h3-10,15H,2,11-14H2,1H3,(H,24,26)/b19-15+. The number of nitriles is 1. The molecular weight excluding hydrogens is 338 g/mol. The molecule has 0 aliphatic carbocycles. The number of carbonyl (C=O) groups is 1. The normalized spacial score (nSPS) is 14.5. The second-order valence-electron chi connectivity index (χ2n) is 6.37. The zero-order chi connectivity index (χ0) is 19.1. The van der Waals surface area contributed by atoms with Gasteiger partial charge in [-0.25, -0.2) is 0 Å². The van der Waals surface area contributed by atoms with Crippen LogP contribution in [0.5, 0.6) is 0 Å². The zero-order valence-electron chi connectivity index (χ0n) is 15.4. The number of nitrogens with zero attached hydrogens (tertiary/aromatic N) is 2. The highest BCUT2D eigenvalue weighted by atomic mass is 16.5. The first-order chi connectivity index (χ1) is 13.2. The zero-order valence-corrected chi connectivity index (χ0v) is 15.4. The van der Waals surface area contributed by atoms with Gasteiger partial charge in [0.05, 0.1) is 13.2 Å². The quantitative estimate of drug-likeness (QED) is 0.652. The van der Waals surface area contributed by atoms with Gasteiger partial charge in [0.25, 0.3) is 5.91 Å². The summed E-state index contributed by atoms with van der Waals surface area (Å²) >= 11 is 0. The van der Waals surface area contributed by atoms with E-state index in [9.17, 15) is 10.1 Å². The fourth-order valence-electron chi connectivity index (χ4n) is 2.94. The molecule has 2 aromatic rings. The van der Waals surface area contributed by atoms with Crippen molar-refractivity contribution >= 4 is 23.4 Å². The van der Waals surface area contributed by atoms with E-state index in [0.717, 1.165) is 44.0 Å². The van der Waals surface area contributed by atoms with Gasteiger partial charge in [-0.2, -0.15) is 5.26 Å². The molecule has 1 amide bonds. The monoisotopic (exact) mass is 361 g/mol. The van der Waals surface area contributed by atoms with Gasteiger partial charge < -0.3 is 15.0 Å². The van der Waals surface area contributed by atoms with Crippen LogP contribution in [0.4, 0.5) is 11.4 Å². The Morgan fingerprint density at radius 1 is 1.15 bits per heavy atom. The van der Waals surface area contributed by atoms with E-state index in [0.29, 0.717) is 5.69 Å². The summed E-state index contributed by atoms with van der Waals surface area (Å²) in [5, 5.41) is 12.2. The maximum Gasteiger partial charge on any atom is 0.266 e. The second-order valence-corrected chi connectivity index (χ2v) is 6.37. The Balaban J connectivity index is 1.69. The highest BCUT2D eigenvalue weighted by molar-refractivity contribution is 6.09. The number of carbonyl (C=O) groups excluding carboxylic acids is 1. The van der Waals surface area contributed by atoms with Gasteiger partial charge in [-0.05, 0) is 47.9 Å². The van der Waals surface area contributed by atoms with Crippen molar-refractivity contribution in [1.82, 2.24) is 0 Å². The lowest BCUT2D eigenvalue weighted by Crippen LogP contribution is -2.36.